The van der Waals surface area contributed by atoms with Crippen LogP contribution in [0.25, 0.3) is 0 Å². The summed E-state index contributed by atoms with van der Waals surface area (Å²) >= 11 is 5.32. The van der Waals surface area contributed by atoms with Crippen LogP contribution in [0.5, 0.6) is 0 Å². The fraction of sp³-hybridized carbons (Fsp3) is 0.429. The topological polar surface area (TPSA) is 75.2 Å². The average molecular weight is 589 g/mol. The van der Waals surface area contributed by atoms with Crippen molar-refractivity contribution in [2.45, 2.75) is 47.2 Å². The van der Waals surface area contributed by atoms with Gasteiger partial charge in [-0.2, -0.15) is 0 Å². The summed E-state index contributed by atoms with van der Waals surface area (Å²) in [6, 6.07) is -0.153. The second-order valence-electron chi connectivity index (χ2n) is 9.30. The molecule has 0 aliphatic heterocycles. The van der Waals surface area contributed by atoms with Gasteiger partial charge in [-0.05, 0) is 43.0 Å². The molecule has 0 saturated heterocycles. The van der Waals surface area contributed by atoms with Gasteiger partial charge in [-0.15, -0.1) is 0 Å². The van der Waals surface area contributed by atoms with Gasteiger partial charge in [-0.25, -0.2) is 23.1 Å². The fourth-order valence-electron chi connectivity index (χ4n) is 4.98. The quantitative estimate of drug-likeness (QED) is 0.261. The highest BCUT2D eigenvalue weighted by molar-refractivity contribution is 8.45. The number of carbonyl (C=O) groups is 2. The number of aromatic nitrogens is 2. The summed E-state index contributed by atoms with van der Waals surface area (Å²) in [5.41, 5.74) is -6.75. The van der Waals surface area contributed by atoms with Crippen molar-refractivity contribution in [2.24, 2.45) is 11.8 Å². The van der Waals surface area contributed by atoms with Crippen LogP contribution in [0.4, 0.5) is 38.3 Å². The molecule has 1 heterocycles. The molecule has 2 aliphatic rings. The zero-order valence-electron chi connectivity index (χ0n) is 19.0. The molecular weight excluding hydrogens is 571 g/mol. The van der Waals surface area contributed by atoms with E-state index in [-0.39, 0.29) is 35.4 Å². The second-order valence-corrected chi connectivity index (χ2v) is 12.1. The van der Waals surface area contributed by atoms with Crippen molar-refractivity contribution in [1.82, 2.24) is 15.3 Å². The Morgan fingerprint density at radius 2 is 1.68 bits per heavy atom. The number of nitrogens with one attached hydrogen (secondary N) is 1. The number of hydrogen-bond donors (Lipinski definition) is 1. The summed E-state index contributed by atoms with van der Waals surface area (Å²) in [6.45, 7) is 0. The van der Waals surface area contributed by atoms with Crippen molar-refractivity contribution in [1.29, 1.82) is 0 Å². The Balaban J connectivity index is 1.79. The summed E-state index contributed by atoms with van der Waals surface area (Å²) in [4.78, 5) is 31.7. The Morgan fingerprint density at radius 3 is 2.13 bits per heavy atom. The van der Waals surface area contributed by atoms with Gasteiger partial charge in [0.25, 0.3) is 17.5 Å². The zero-order valence-corrected chi connectivity index (χ0v) is 20.6. The van der Waals surface area contributed by atoms with E-state index in [4.69, 9.17) is 19.4 Å². The van der Waals surface area contributed by atoms with E-state index in [2.05, 4.69) is 15.3 Å². The van der Waals surface area contributed by atoms with E-state index in [1.54, 1.807) is 0 Å². The number of alkyl halides is 4. The minimum Gasteiger partial charge on any atom is -0.351 e. The Morgan fingerprint density at radius 1 is 1.11 bits per heavy atom. The van der Waals surface area contributed by atoms with E-state index in [9.17, 15) is 42.2 Å². The third-order valence-electron chi connectivity index (χ3n) is 6.79. The van der Waals surface area contributed by atoms with E-state index < -0.39 is 73.9 Å². The number of fused-ring (bicyclic) bond motifs is 2. The smallest absolute Gasteiger partial charge is 0.310 e. The normalized spacial score (nSPS) is 26.5. The monoisotopic (exact) mass is 588 g/mol. The molecule has 2 aromatic rings. The lowest BCUT2D eigenvalue weighted by atomic mass is 9.69. The van der Waals surface area contributed by atoms with Gasteiger partial charge in [-0.1, -0.05) is 31.0 Å². The first kappa shape index (κ1) is 28.4. The molecule has 1 aromatic carbocycles. The first-order valence-corrected chi connectivity index (χ1v) is 13.3. The van der Waals surface area contributed by atoms with E-state index in [0.29, 0.717) is 12.1 Å². The largest absolute Gasteiger partial charge is 0.351 e. The molecule has 6 nitrogen and oxygen atoms in total. The maximum absolute atomic E-state index is 14.1. The molecule has 2 aliphatic carbocycles. The first-order chi connectivity index (χ1) is 17.2. The van der Waals surface area contributed by atoms with Gasteiger partial charge in [-0.3, -0.25) is 14.5 Å². The lowest BCUT2D eigenvalue weighted by Crippen LogP contribution is -2.62. The standard InChI is InChI=1S/C21H18BClF8N4O2S/c22-21(13-8-32-10-33-9-13,19(37)34-16-6-12-5-11(16)7-20(12,25)26)35(18(36)17(23)24)14-1-3-15(4-2-14)38(27,28,29,30)31/h1-4,8-12,16-17H,5-7H2,(H,34,37)/t11?,12?,16-,17-,21+/m0/s1. The van der Waals surface area contributed by atoms with Gasteiger partial charge in [0.1, 0.15) is 24.5 Å². The van der Waals surface area contributed by atoms with E-state index in [0.717, 1.165) is 18.7 Å². The summed E-state index contributed by atoms with van der Waals surface area (Å²) in [5.74, 6) is -7.55. The maximum Gasteiger partial charge on any atom is 0.310 e. The van der Waals surface area contributed by atoms with Gasteiger partial charge in [0.2, 0.25) is 5.91 Å². The van der Waals surface area contributed by atoms with E-state index in [1.165, 1.54) is 0 Å². The molecule has 2 radical (unpaired) electrons. The number of amides is 2. The third-order valence-corrected chi connectivity index (χ3v) is 8.14. The molecule has 38 heavy (non-hydrogen) atoms. The highest BCUT2D eigenvalue weighted by Crippen LogP contribution is 3.02. The lowest BCUT2D eigenvalue weighted by Gasteiger charge is -2.43. The second kappa shape index (κ2) is 8.44. The minimum atomic E-state index is -10.1. The summed E-state index contributed by atoms with van der Waals surface area (Å²) in [7, 11) is -3.77. The highest BCUT2D eigenvalue weighted by Gasteiger charge is 2.65. The van der Waals surface area contributed by atoms with Gasteiger partial charge in [0, 0.05) is 42.0 Å². The Labute approximate surface area is 217 Å². The Hall–Kier alpha value is -2.62. The summed E-state index contributed by atoms with van der Waals surface area (Å²) in [5, 5.41) is 2.47. The number of halogens is 9. The predicted molar refractivity (Wildman–Crippen MR) is 123 cm³/mol. The van der Waals surface area contributed by atoms with Crippen molar-refractivity contribution in [3.05, 3.63) is 48.5 Å². The molecule has 1 aromatic heterocycles. The van der Waals surface area contributed by atoms with Crippen LogP contribution >= 0.6 is 21.8 Å². The molecule has 1 N–H and O–H groups in total. The number of benzene rings is 1. The van der Waals surface area contributed by atoms with Gasteiger partial charge < -0.3 is 5.32 Å². The molecule has 17 heteroatoms. The van der Waals surface area contributed by atoms with Crippen LogP contribution in [0.15, 0.2) is 47.9 Å². The third kappa shape index (κ3) is 5.16. The maximum atomic E-state index is 14.1. The number of rotatable bonds is 7. The summed E-state index contributed by atoms with van der Waals surface area (Å²) < 4.78 is 108. The highest BCUT2D eigenvalue weighted by atomic mass is 35.5. The van der Waals surface area contributed by atoms with Crippen molar-refractivity contribution < 1.29 is 42.2 Å². The van der Waals surface area contributed by atoms with Crippen LogP contribution < -0.4 is 10.2 Å². The number of anilines is 1. The van der Waals surface area contributed by atoms with Crippen LogP contribution in [0.3, 0.4) is 0 Å². The zero-order chi connectivity index (χ0) is 28.4. The fourth-order valence-corrected chi connectivity index (χ4v) is 5.73. The molecule has 2 bridgehead atoms. The minimum absolute atomic E-state index is 0.0591. The molecule has 2 unspecified atom stereocenters. The molecule has 206 valence electrons. The van der Waals surface area contributed by atoms with E-state index in [1.807, 2.05) is 0 Å². The molecule has 2 saturated carbocycles. The van der Waals surface area contributed by atoms with Gasteiger partial charge >= 0.3 is 10.2 Å². The van der Waals surface area contributed by atoms with Crippen LogP contribution in [0, 0.1) is 11.8 Å². The van der Waals surface area contributed by atoms with Crippen LogP contribution in [-0.2, 0) is 15.0 Å². The van der Waals surface area contributed by atoms with Crippen LogP contribution in [-0.4, -0.2) is 47.2 Å². The molecular formula is C21H18BClF8N4O2S. The SMILES string of the molecule is [B][C@](C(=O)N[C@H]1CC2CC1CC2(F)F)(c1cncnc1)N(C(=O)[C@H](F)Cl)c1ccc(S(F)(F)(F)(F)F)cc1. The van der Waals surface area contributed by atoms with Crippen LogP contribution in [0.1, 0.15) is 24.8 Å². The van der Waals surface area contributed by atoms with Crippen molar-refractivity contribution >= 4 is 47.2 Å². The van der Waals surface area contributed by atoms with E-state index >= 15 is 0 Å². The van der Waals surface area contributed by atoms with Gasteiger partial charge in [0.05, 0.1) is 0 Å². The molecule has 2 amide bonds. The average Bonchev–Trinajstić information content (AvgIpc) is 3.34. The lowest BCUT2D eigenvalue weighted by molar-refractivity contribution is -0.130. The van der Waals surface area contributed by atoms with Crippen molar-refractivity contribution in [3.8, 4) is 0 Å². The number of nitrogens with zero attached hydrogens (tertiary/aromatic N) is 3. The van der Waals surface area contributed by atoms with Crippen molar-refractivity contribution in [3.63, 3.8) is 0 Å². The molecule has 2 fully saturated rings. The first-order valence-electron chi connectivity index (χ1n) is 10.9. The van der Waals surface area contributed by atoms with Gasteiger partial charge in [0.15, 0.2) is 0 Å². The van der Waals surface area contributed by atoms with Crippen LogP contribution in [0.2, 0.25) is 0 Å². The predicted octanol–water partition coefficient (Wildman–Crippen LogP) is 5.57. The molecule has 4 rings (SSSR count). The van der Waals surface area contributed by atoms with Crippen molar-refractivity contribution in [2.75, 3.05) is 4.90 Å². The Bertz CT molecular complexity index is 1260. The number of hydrogen-bond acceptors (Lipinski definition) is 4. The molecule has 5 atom stereocenters. The molecule has 0 spiro atoms. The summed E-state index contributed by atoms with van der Waals surface area (Å²) in [6.07, 6.45) is 2.38. The number of carbonyl (C=O) groups excluding carboxylic acids is 2. The Kier molecular flexibility index (Phi) is 6.31.